The zero-order valence-corrected chi connectivity index (χ0v) is 14.7. The van der Waals surface area contributed by atoms with E-state index < -0.39 is 0 Å². The molecule has 126 valence electrons. The fourth-order valence-electron chi connectivity index (χ4n) is 3.56. The van der Waals surface area contributed by atoms with Gasteiger partial charge in [0.05, 0.1) is 30.8 Å². The molecule has 0 saturated carbocycles. The second-order valence-electron chi connectivity index (χ2n) is 7.16. The van der Waals surface area contributed by atoms with Crippen LogP contribution in [0.4, 0.5) is 0 Å². The Kier molecular flexibility index (Phi) is 4.71. The summed E-state index contributed by atoms with van der Waals surface area (Å²) in [6.07, 6.45) is 0. The number of rotatable bonds is 5. The summed E-state index contributed by atoms with van der Waals surface area (Å²) < 4.78 is 7.68. The lowest BCUT2D eigenvalue weighted by atomic mass is 10.0. The Balaban J connectivity index is 1.68. The SMILES string of the molecule is CN(Cc1nc2ccccc2n1C)CC(C)(C)N1CCOCC1. The van der Waals surface area contributed by atoms with E-state index in [1.54, 1.807) is 0 Å². The Labute approximate surface area is 138 Å². The first-order valence-corrected chi connectivity index (χ1v) is 8.39. The molecule has 1 aromatic heterocycles. The van der Waals surface area contributed by atoms with Gasteiger partial charge in [0.15, 0.2) is 0 Å². The quantitative estimate of drug-likeness (QED) is 0.846. The molecule has 5 nitrogen and oxygen atoms in total. The Morgan fingerprint density at radius 1 is 1.22 bits per heavy atom. The minimum absolute atomic E-state index is 0.142. The van der Waals surface area contributed by atoms with Crippen LogP contribution in [0.15, 0.2) is 24.3 Å². The molecule has 0 spiro atoms. The molecule has 0 unspecified atom stereocenters. The van der Waals surface area contributed by atoms with E-state index in [1.807, 2.05) is 6.07 Å². The number of morpholine rings is 1. The van der Waals surface area contributed by atoms with Crippen LogP contribution in [-0.4, -0.2) is 64.8 Å². The molecule has 0 aliphatic carbocycles. The number of hydrogen-bond acceptors (Lipinski definition) is 4. The minimum atomic E-state index is 0.142. The monoisotopic (exact) mass is 316 g/mol. The molecular weight excluding hydrogens is 288 g/mol. The molecule has 3 rings (SSSR count). The van der Waals surface area contributed by atoms with Gasteiger partial charge in [-0.15, -0.1) is 0 Å². The number of imidazole rings is 1. The molecule has 2 heterocycles. The van der Waals surface area contributed by atoms with Crippen molar-refractivity contribution in [2.45, 2.75) is 25.9 Å². The fourth-order valence-corrected chi connectivity index (χ4v) is 3.56. The predicted octanol–water partition coefficient (Wildman–Crippen LogP) is 2.12. The van der Waals surface area contributed by atoms with Crippen molar-refractivity contribution in [3.8, 4) is 0 Å². The smallest absolute Gasteiger partial charge is 0.123 e. The molecule has 5 heteroatoms. The van der Waals surface area contributed by atoms with E-state index >= 15 is 0 Å². The van der Waals surface area contributed by atoms with Gasteiger partial charge in [-0.05, 0) is 33.0 Å². The number of nitrogens with zero attached hydrogens (tertiary/aromatic N) is 4. The van der Waals surface area contributed by atoms with Gasteiger partial charge < -0.3 is 9.30 Å². The van der Waals surface area contributed by atoms with Gasteiger partial charge in [0.25, 0.3) is 0 Å². The standard InChI is InChI=1S/C18H28N4O/c1-18(2,22-9-11-23-12-10-22)14-20(3)13-17-19-15-7-5-6-8-16(15)21(17)4/h5-8H,9-14H2,1-4H3. The van der Waals surface area contributed by atoms with Crippen LogP contribution in [0.25, 0.3) is 11.0 Å². The van der Waals surface area contributed by atoms with Gasteiger partial charge in [-0.1, -0.05) is 12.1 Å². The van der Waals surface area contributed by atoms with E-state index in [1.165, 1.54) is 5.52 Å². The molecule has 23 heavy (non-hydrogen) atoms. The summed E-state index contributed by atoms with van der Waals surface area (Å²) in [6, 6.07) is 8.32. The van der Waals surface area contributed by atoms with E-state index in [9.17, 15) is 0 Å². The van der Waals surface area contributed by atoms with Crippen LogP contribution in [-0.2, 0) is 18.3 Å². The lowest BCUT2D eigenvalue weighted by Crippen LogP contribution is -2.54. The molecule has 1 aliphatic heterocycles. The Bertz CT molecular complexity index is 658. The van der Waals surface area contributed by atoms with Gasteiger partial charge >= 0.3 is 0 Å². The van der Waals surface area contributed by atoms with Crippen LogP contribution in [0, 0.1) is 0 Å². The van der Waals surface area contributed by atoms with Crippen molar-refractivity contribution in [1.82, 2.24) is 19.4 Å². The highest BCUT2D eigenvalue weighted by atomic mass is 16.5. The molecule has 1 saturated heterocycles. The van der Waals surface area contributed by atoms with E-state index in [-0.39, 0.29) is 5.54 Å². The van der Waals surface area contributed by atoms with E-state index in [2.05, 4.69) is 60.5 Å². The molecular formula is C18H28N4O. The molecule has 0 bridgehead atoms. The third-order valence-electron chi connectivity index (χ3n) is 4.82. The van der Waals surface area contributed by atoms with Gasteiger partial charge in [0.2, 0.25) is 0 Å². The number of hydrogen-bond donors (Lipinski definition) is 0. The van der Waals surface area contributed by atoms with Crippen LogP contribution in [0.3, 0.4) is 0 Å². The van der Waals surface area contributed by atoms with Gasteiger partial charge in [-0.3, -0.25) is 9.80 Å². The summed E-state index contributed by atoms with van der Waals surface area (Å²) in [5, 5.41) is 0. The number of para-hydroxylation sites is 2. The van der Waals surface area contributed by atoms with Crippen molar-refractivity contribution in [3.63, 3.8) is 0 Å². The maximum Gasteiger partial charge on any atom is 0.123 e. The average molecular weight is 316 g/mol. The molecule has 1 aliphatic rings. The van der Waals surface area contributed by atoms with Crippen LogP contribution < -0.4 is 0 Å². The van der Waals surface area contributed by atoms with Crippen molar-refractivity contribution in [1.29, 1.82) is 0 Å². The lowest BCUT2D eigenvalue weighted by molar-refractivity contribution is -0.0202. The third kappa shape index (κ3) is 3.57. The minimum Gasteiger partial charge on any atom is -0.379 e. The highest BCUT2D eigenvalue weighted by molar-refractivity contribution is 5.75. The van der Waals surface area contributed by atoms with E-state index in [0.717, 1.165) is 50.7 Å². The maximum absolute atomic E-state index is 5.48. The van der Waals surface area contributed by atoms with Crippen molar-refractivity contribution in [2.75, 3.05) is 39.9 Å². The molecule has 0 N–H and O–H groups in total. The summed E-state index contributed by atoms with van der Waals surface area (Å²) in [6.45, 7) is 10.2. The number of ether oxygens (including phenoxy) is 1. The molecule has 1 aromatic carbocycles. The summed E-state index contributed by atoms with van der Waals surface area (Å²) >= 11 is 0. The Morgan fingerprint density at radius 3 is 2.61 bits per heavy atom. The van der Waals surface area contributed by atoms with Crippen molar-refractivity contribution >= 4 is 11.0 Å². The number of benzene rings is 1. The van der Waals surface area contributed by atoms with Crippen LogP contribution >= 0.6 is 0 Å². The zero-order chi connectivity index (χ0) is 16.4. The van der Waals surface area contributed by atoms with E-state index in [4.69, 9.17) is 9.72 Å². The first kappa shape index (κ1) is 16.4. The second-order valence-corrected chi connectivity index (χ2v) is 7.16. The highest BCUT2D eigenvalue weighted by Gasteiger charge is 2.29. The van der Waals surface area contributed by atoms with E-state index in [0.29, 0.717) is 0 Å². The van der Waals surface area contributed by atoms with Crippen molar-refractivity contribution < 1.29 is 4.74 Å². The Hall–Kier alpha value is -1.43. The van der Waals surface area contributed by atoms with Gasteiger partial charge in [-0.2, -0.15) is 0 Å². The lowest BCUT2D eigenvalue weighted by Gasteiger charge is -2.42. The van der Waals surface area contributed by atoms with Crippen LogP contribution in [0.5, 0.6) is 0 Å². The summed E-state index contributed by atoms with van der Waals surface area (Å²) in [4.78, 5) is 9.68. The van der Waals surface area contributed by atoms with Crippen LogP contribution in [0.1, 0.15) is 19.7 Å². The molecule has 0 atom stereocenters. The number of aromatic nitrogens is 2. The molecule has 1 fully saturated rings. The largest absolute Gasteiger partial charge is 0.379 e. The molecule has 2 aromatic rings. The number of fused-ring (bicyclic) bond motifs is 1. The van der Waals surface area contributed by atoms with Gasteiger partial charge in [0.1, 0.15) is 5.82 Å². The second kappa shape index (κ2) is 6.59. The summed E-state index contributed by atoms with van der Waals surface area (Å²) in [5.74, 6) is 1.12. The average Bonchev–Trinajstić information content (AvgIpc) is 2.84. The summed E-state index contributed by atoms with van der Waals surface area (Å²) in [7, 11) is 4.28. The Morgan fingerprint density at radius 2 is 1.91 bits per heavy atom. The first-order valence-electron chi connectivity index (χ1n) is 8.39. The molecule has 0 amide bonds. The first-order chi connectivity index (χ1) is 11.0. The number of aryl methyl sites for hydroxylation is 1. The zero-order valence-electron chi connectivity index (χ0n) is 14.7. The van der Waals surface area contributed by atoms with Crippen LogP contribution in [0.2, 0.25) is 0 Å². The van der Waals surface area contributed by atoms with Crippen molar-refractivity contribution in [2.24, 2.45) is 7.05 Å². The highest BCUT2D eigenvalue weighted by Crippen LogP contribution is 2.19. The maximum atomic E-state index is 5.48. The number of likely N-dealkylation sites (N-methyl/N-ethyl adjacent to an activating group) is 1. The topological polar surface area (TPSA) is 33.5 Å². The van der Waals surface area contributed by atoms with Gasteiger partial charge in [-0.25, -0.2) is 4.98 Å². The van der Waals surface area contributed by atoms with Crippen molar-refractivity contribution in [3.05, 3.63) is 30.1 Å². The van der Waals surface area contributed by atoms with Gasteiger partial charge in [0, 0.05) is 32.2 Å². The normalized spacial score (nSPS) is 17.3. The predicted molar refractivity (Wildman–Crippen MR) is 93.5 cm³/mol. The fraction of sp³-hybridized carbons (Fsp3) is 0.611. The summed E-state index contributed by atoms with van der Waals surface area (Å²) in [5.41, 5.74) is 2.41. The third-order valence-corrected chi connectivity index (χ3v) is 4.82. The molecule has 0 radical (unpaired) electrons.